The molecular weight excluding hydrogens is 251 g/mol. The highest BCUT2D eigenvalue weighted by molar-refractivity contribution is 7.98. The zero-order valence-electron chi connectivity index (χ0n) is 10.9. The first-order chi connectivity index (χ1) is 8.47. The highest BCUT2D eigenvalue weighted by atomic mass is 32.2. The van der Waals surface area contributed by atoms with Gasteiger partial charge in [0.25, 0.3) is 5.91 Å². The van der Waals surface area contributed by atoms with Crippen molar-refractivity contribution in [2.75, 3.05) is 24.8 Å². The van der Waals surface area contributed by atoms with Crippen molar-refractivity contribution >= 4 is 23.4 Å². The number of hydrogen-bond acceptors (Lipinski definition) is 3. The fraction of sp³-hybridized carbons (Fsp3) is 0.462. The van der Waals surface area contributed by atoms with Crippen LogP contribution in [0.3, 0.4) is 0 Å². The van der Waals surface area contributed by atoms with E-state index >= 15 is 0 Å². The molecule has 0 spiro atoms. The number of rotatable bonds is 5. The second kappa shape index (κ2) is 6.64. The van der Waals surface area contributed by atoms with E-state index in [0.717, 1.165) is 12.2 Å². The number of carbonyl (C=O) groups is 1. The maximum absolute atomic E-state index is 13.6. The van der Waals surface area contributed by atoms with E-state index in [0.29, 0.717) is 5.69 Å². The van der Waals surface area contributed by atoms with E-state index < -0.39 is 5.82 Å². The quantitative estimate of drug-likeness (QED) is 0.837. The molecule has 0 fully saturated rings. The molecule has 5 heteroatoms. The molecule has 1 unspecified atom stereocenters. The maximum Gasteiger partial charge on any atom is 0.256 e. The summed E-state index contributed by atoms with van der Waals surface area (Å²) >= 11 is 1.73. The molecule has 0 aliphatic heterocycles. The molecule has 1 rings (SSSR count). The van der Waals surface area contributed by atoms with Gasteiger partial charge in [-0.2, -0.15) is 11.8 Å². The number of carbonyl (C=O) groups excluding carboxylic acids is 1. The zero-order chi connectivity index (χ0) is 13.7. The SMILES string of the molecule is CSCCC(C)N(C)C(=O)c1cc(N)ccc1F. The van der Waals surface area contributed by atoms with Gasteiger partial charge in [0.2, 0.25) is 0 Å². The van der Waals surface area contributed by atoms with Crippen molar-refractivity contribution in [3.63, 3.8) is 0 Å². The highest BCUT2D eigenvalue weighted by Crippen LogP contribution is 2.16. The number of halogens is 1. The Morgan fingerprint density at radius 1 is 1.56 bits per heavy atom. The molecule has 18 heavy (non-hydrogen) atoms. The average Bonchev–Trinajstić information content (AvgIpc) is 2.37. The summed E-state index contributed by atoms with van der Waals surface area (Å²) in [6, 6.07) is 4.13. The predicted molar refractivity (Wildman–Crippen MR) is 75.4 cm³/mol. The molecule has 0 bridgehead atoms. The van der Waals surface area contributed by atoms with Gasteiger partial charge in [-0.1, -0.05) is 0 Å². The lowest BCUT2D eigenvalue weighted by atomic mass is 10.1. The van der Waals surface area contributed by atoms with E-state index in [1.807, 2.05) is 13.2 Å². The van der Waals surface area contributed by atoms with Crippen LogP contribution in [-0.4, -0.2) is 35.9 Å². The van der Waals surface area contributed by atoms with Crippen LogP contribution in [0.25, 0.3) is 0 Å². The van der Waals surface area contributed by atoms with Gasteiger partial charge in [0.1, 0.15) is 5.82 Å². The van der Waals surface area contributed by atoms with Crippen LogP contribution in [0.5, 0.6) is 0 Å². The molecule has 0 aliphatic carbocycles. The van der Waals surface area contributed by atoms with Gasteiger partial charge in [0, 0.05) is 18.8 Å². The third kappa shape index (κ3) is 3.63. The molecular formula is C13H19FN2OS. The molecule has 3 nitrogen and oxygen atoms in total. The van der Waals surface area contributed by atoms with Gasteiger partial charge >= 0.3 is 0 Å². The summed E-state index contributed by atoms with van der Waals surface area (Å²) in [5, 5.41) is 0. The summed E-state index contributed by atoms with van der Waals surface area (Å²) in [5.74, 6) is 0.115. The van der Waals surface area contributed by atoms with Crippen LogP contribution >= 0.6 is 11.8 Å². The van der Waals surface area contributed by atoms with Crippen molar-refractivity contribution in [3.05, 3.63) is 29.6 Å². The molecule has 0 saturated heterocycles. The zero-order valence-corrected chi connectivity index (χ0v) is 11.8. The monoisotopic (exact) mass is 270 g/mol. The minimum absolute atomic E-state index is 0.0356. The van der Waals surface area contributed by atoms with Gasteiger partial charge in [-0.3, -0.25) is 4.79 Å². The molecule has 1 atom stereocenters. The highest BCUT2D eigenvalue weighted by Gasteiger charge is 2.20. The maximum atomic E-state index is 13.6. The normalized spacial score (nSPS) is 12.2. The lowest BCUT2D eigenvalue weighted by molar-refractivity contribution is 0.0736. The second-order valence-corrected chi connectivity index (χ2v) is 5.27. The van der Waals surface area contributed by atoms with Crippen molar-refractivity contribution in [2.24, 2.45) is 0 Å². The number of benzene rings is 1. The van der Waals surface area contributed by atoms with E-state index in [-0.39, 0.29) is 17.5 Å². The molecule has 0 saturated carbocycles. The molecule has 0 aromatic heterocycles. The van der Waals surface area contributed by atoms with Crippen LogP contribution in [-0.2, 0) is 0 Å². The minimum atomic E-state index is -0.530. The van der Waals surface area contributed by atoms with Crippen molar-refractivity contribution in [1.29, 1.82) is 0 Å². The van der Waals surface area contributed by atoms with Crippen molar-refractivity contribution in [2.45, 2.75) is 19.4 Å². The lowest BCUT2D eigenvalue weighted by Gasteiger charge is -2.25. The van der Waals surface area contributed by atoms with Gasteiger partial charge < -0.3 is 10.6 Å². The number of nitrogen functional groups attached to an aromatic ring is 1. The summed E-state index contributed by atoms with van der Waals surface area (Å²) in [7, 11) is 1.69. The molecule has 1 amide bonds. The smallest absolute Gasteiger partial charge is 0.256 e. The molecule has 1 aromatic rings. The van der Waals surface area contributed by atoms with Crippen LogP contribution in [0.4, 0.5) is 10.1 Å². The van der Waals surface area contributed by atoms with Gasteiger partial charge in [0.05, 0.1) is 5.56 Å². The standard InChI is InChI=1S/C13H19FN2OS/c1-9(6-7-18-3)16(2)13(17)11-8-10(15)4-5-12(11)14/h4-5,8-9H,6-7,15H2,1-3H3. The Morgan fingerprint density at radius 2 is 2.22 bits per heavy atom. The van der Waals surface area contributed by atoms with E-state index in [1.165, 1.54) is 18.2 Å². The summed E-state index contributed by atoms with van der Waals surface area (Å²) in [6.07, 6.45) is 2.90. The lowest BCUT2D eigenvalue weighted by Crippen LogP contribution is -2.36. The number of hydrogen-bond donors (Lipinski definition) is 1. The van der Waals surface area contributed by atoms with E-state index in [1.54, 1.807) is 23.7 Å². The van der Waals surface area contributed by atoms with E-state index in [9.17, 15) is 9.18 Å². The third-order valence-corrected chi connectivity index (χ3v) is 3.59. The molecule has 0 heterocycles. The summed E-state index contributed by atoms with van der Waals surface area (Å²) in [4.78, 5) is 13.7. The Kier molecular flexibility index (Phi) is 5.47. The van der Waals surface area contributed by atoms with Crippen LogP contribution in [0, 0.1) is 5.82 Å². The Balaban J connectivity index is 2.82. The second-order valence-electron chi connectivity index (χ2n) is 4.29. The molecule has 100 valence electrons. The van der Waals surface area contributed by atoms with Crippen molar-refractivity contribution in [1.82, 2.24) is 4.90 Å². The summed E-state index contributed by atoms with van der Waals surface area (Å²) < 4.78 is 13.6. The Hall–Kier alpha value is -1.23. The minimum Gasteiger partial charge on any atom is -0.399 e. The van der Waals surface area contributed by atoms with Crippen molar-refractivity contribution < 1.29 is 9.18 Å². The van der Waals surface area contributed by atoms with Gasteiger partial charge in [-0.05, 0) is 43.6 Å². The van der Waals surface area contributed by atoms with Crippen molar-refractivity contribution in [3.8, 4) is 0 Å². The third-order valence-electron chi connectivity index (χ3n) is 2.94. The van der Waals surface area contributed by atoms with E-state index in [2.05, 4.69) is 0 Å². The van der Waals surface area contributed by atoms with Crippen LogP contribution in [0.1, 0.15) is 23.7 Å². The predicted octanol–water partition coefficient (Wildman–Crippen LogP) is 2.62. The number of nitrogens with zero attached hydrogens (tertiary/aromatic N) is 1. The molecule has 0 aliphatic rings. The Bertz CT molecular complexity index is 425. The van der Waals surface area contributed by atoms with Crippen LogP contribution in [0.2, 0.25) is 0 Å². The first kappa shape index (κ1) is 14.8. The molecule has 2 N–H and O–H groups in total. The fourth-order valence-corrected chi connectivity index (χ4v) is 2.16. The average molecular weight is 270 g/mol. The number of amides is 1. The molecule has 1 aromatic carbocycles. The number of nitrogens with two attached hydrogens (primary N) is 1. The number of thioether (sulfide) groups is 1. The first-order valence-electron chi connectivity index (χ1n) is 5.78. The van der Waals surface area contributed by atoms with E-state index in [4.69, 9.17) is 5.73 Å². The largest absolute Gasteiger partial charge is 0.399 e. The summed E-state index contributed by atoms with van der Waals surface area (Å²) in [6.45, 7) is 1.96. The van der Waals surface area contributed by atoms with Gasteiger partial charge in [-0.15, -0.1) is 0 Å². The molecule has 0 radical (unpaired) electrons. The fourth-order valence-electron chi connectivity index (χ4n) is 1.58. The Morgan fingerprint density at radius 3 is 2.83 bits per heavy atom. The first-order valence-corrected chi connectivity index (χ1v) is 7.18. The van der Waals surface area contributed by atoms with Crippen LogP contribution < -0.4 is 5.73 Å². The van der Waals surface area contributed by atoms with Gasteiger partial charge in [0.15, 0.2) is 0 Å². The van der Waals surface area contributed by atoms with Gasteiger partial charge in [-0.25, -0.2) is 4.39 Å². The van der Waals surface area contributed by atoms with Crippen LogP contribution in [0.15, 0.2) is 18.2 Å². The topological polar surface area (TPSA) is 46.3 Å². The summed E-state index contributed by atoms with van der Waals surface area (Å²) in [5.41, 5.74) is 6.01. The Labute approximate surface area is 112 Å². The number of anilines is 1.